The molecule has 0 saturated carbocycles. The number of benzene rings is 1. The molecule has 0 radical (unpaired) electrons. The second-order valence-electron chi connectivity index (χ2n) is 4.36. The summed E-state index contributed by atoms with van der Waals surface area (Å²) in [4.78, 5) is 2.62. The highest BCUT2D eigenvalue weighted by atomic mass is 79.9. The molecule has 0 aromatic heterocycles. The maximum atomic E-state index is 3.54. The third-order valence-corrected chi connectivity index (χ3v) is 3.98. The molecule has 0 spiro atoms. The molecule has 1 atom stereocenters. The smallest absolute Gasteiger partial charge is 0.0178 e. The summed E-state index contributed by atoms with van der Waals surface area (Å²) in [6.07, 6.45) is 3.92. The molecule has 1 aromatic rings. The van der Waals surface area contributed by atoms with Crippen molar-refractivity contribution in [3.05, 3.63) is 33.8 Å². The first-order valence-electron chi connectivity index (χ1n) is 5.34. The molecule has 0 N–H and O–H groups in total. The van der Waals surface area contributed by atoms with Gasteiger partial charge in [-0.15, -0.1) is 0 Å². The maximum absolute atomic E-state index is 3.54. The molecule has 1 unspecified atom stereocenters. The second-order valence-corrected chi connectivity index (χ2v) is 5.28. The first-order chi connectivity index (χ1) is 6.83. The van der Waals surface area contributed by atoms with Crippen LogP contribution in [0.25, 0.3) is 0 Å². The standard InChI is InChI=1S/C12H14BrN/c13-11-3-2-9-7-12(8-10(9)6-11)14-4-1-5-14/h2-3,6,12H,1,4-5,7-8H2. The molecule has 0 amide bonds. The van der Waals surface area contributed by atoms with E-state index < -0.39 is 0 Å². The van der Waals surface area contributed by atoms with Crippen LogP contribution < -0.4 is 0 Å². The number of rotatable bonds is 1. The Labute approximate surface area is 93.2 Å². The van der Waals surface area contributed by atoms with Gasteiger partial charge in [0.1, 0.15) is 0 Å². The maximum Gasteiger partial charge on any atom is 0.0178 e. The Morgan fingerprint density at radius 2 is 1.93 bits per heavy atom. The molecule has 1 saturated heterocycles. The molecule has 1 fully saturated rings. The first-order valence-corrected chi connectivity index (χ1v) is 6.13. The number of fused-ring (bicyclic) bond motifs is 1. The molecule has 1 heterocycles. The van der Waals surface area contributed by atoms with Gasteiger partial charge in [0.15, 0.2) is 0 Å². The van der Waals surface area contributed by atoms with Gasteiger partial charge >= 0.3 is 0 Å². The Bertz CT molecular complexity index is 357. The fourth-order valence-corrected chi connectivity index (χ4v) is 2.94. The number of likely N-dealkylation sites (tertiary alicyclic amines) is 1. The van der Waals surface area contributed by atoms with Gasteiger partial charge in [0.25, 0.3) is 0 Å². The zero-order valence-electron chi connectivity index (χ0n) is 8.17. The summed E-state index contributed by atoms with van der Waals surface area (Å²) in [5.74, 6) is 0. The van der Waals surface area contributed by atoms with Gasteiger partial charge in [-0.2, -0.15) is 0 Å². The minimum absolute atomic E-state index is 0.799. The molecule has 74 valence electrons. The number of hydrogen-bond acceptors (Lipinski definition) is 1. The zero-order valence-corrected chi connectivity index (χ0v) is 9.76. The van der Waals surface area contributed by atoms with Gasteiger partial charge in [-0.25, -0.2) is 0 Å². The van der Waals surface area contributed by atoms with Crippen LogP contribution in [0.3, 0.4) is 0 Å². The van der Waals surface area contributed by atoms with Gasteiger partial charge in [-0.1, -0.05) is 22.0 Å². The van der Waals surface area contributed by atoms with Gasteiger partial charge in [-0.05, 0) is 55.6 Å². The number of nitrogens with zero attached hydrogens (tertiary/aromatic N) is 1. The molecule has 2 heteroatoms. The van der Waals surface area contributed by atoms with E-state index in [1.807, 2.05) is 0 Å². The van der Waals surface area contributed by atoms with Crippen molar-refractivity contribution < 1.29 is 0 Å². The molecule has 3 rings (SSSR count). The van der Waals surface area contributed by atoms with E-state index in [1.165, 1.54) is 36.8 Å². The Balaban J connectivity index is 1.82. The average molecular weight is 252 g/mol. The quantitative estimate of drug-likeness (QED) is 0.742. The summed E-state index contributed by atoms with van der Waals surface area (Å²) in [6, 6.07) is 7.53. The lowest BCUT2D eigenvalue weighted by Gasteiger charge is -2.36. The predicted molar refractivity (Wildman–Crippen MR) is 61.5 cm³/mol. The topological polar surface area (TPSA) is 3.24 Å². The number of hydrogen-bond donors (Lipinski definition) is 0. The summed E-state index contributed by atoms with van der Waals surface area (Å²) in [6.45, 7) is 2.64. The minimum atomic E-state index is 0.799. The van der Waals surface area contributed by atoms with Gasteiger partial charge in [0, 0.05) is 10.5 Å². The fraction of sp³-hybridized carbons (Fsp3) is 0.500. The molecule has 1 aliphatic heterocycles. The van der Waals surface area contributed by atoms with Crippen LogP contribution in [-0.4, -0.2) is 24.0 Å². The van der Waals surface area contributed by atoms with Crippen LogP contribution in [0.1, 0.15) is 17.5 Å². The minimum Gasteiger partial charge on any atom is -0.300 e. The van der Waals surface area contributed by atoms with Gasteiger partial charge in [-0.3, -0.25) is 4.90 Å². The van der Waals surface area contributed by atoms with Gasteiger partial charge < -0.3 is 0 Å². The second kappa shape index (κ2) is 3.35. The lowest BCUT2D eigenvalue weighted by molar-refractivity contribution is 0.123. The van der Waals surface area contributed by atoms with Crippen molar-refractivity contribution in [1.82, 2.24) is 4.90 Å². The van der Waals surface area contributed by atoms with Crippen molar-refractivity contribution in [2.24, 2.45) is 0 Å². The van der Waals surface area contributed by atoms with Crippen LogP contribution >= 0.6 is 15.9 Å². The highest BCUT2D eigenvalue weighted by Gasteiger charge is 2.29. The lowest BCUT2D eigenvalue weighted by Crippen LogP contribution is -2.45. The van der Waals surface area contributed by atoms with Gasteiger partial charge in [0.05, 0.1) is 0 Å². The van der Waals surface area contributed by atoms with Crippen molar-refractivity contribution in [1.29, 1.82) is 0 Å². The van der Waals surface area contributed by atoms with E-state index in [1.54, 1.807) is 11.1 Å². The molecular formula is C12H14BrN. The third-order valence-electron chi connectivity index (χ3n) is 3.49. The molecule has 2 aliphatic rings. The van der Waals surface area contributed by atoms with Crippen LogP contribution in [0, 0.1) is 0 Å². The number of halogens is 1. The van der Waals surface area contributed by atoms with Crippen LogP contribution in [0.2, 0.25) is 0 Å². The Kier molecular flexibility index (Phi) is 2.14. The van der Waals surface area contributed by atoms with Crippen LogP contribution in [-0.2, 0) is 12.8 Å². The van der Waals surface area contributed by atoms with E-state index in [4.69, 9.17) is 0 Å². The molecule has 1 aliphatic carbocycles. The van der Waals surface area contributed by atoms with Crippen LogP contribution in [0.4, 0.5) is 0 Å². The van der Waals surface area contributed by atoms with Crippen molar-refractivity contribution in [2.75, 3.05) is 13.1 Å². The summed E-state index contributed by atoms with van der Waals surface area (Å²) < 4.78 is 1.22. The van der Waals surface area contributed by atoms with Crippen molar-refractivity contribution in [2.45, 2.75) is 25.3 Å². The van der Waals surface area contributed by atoms with E-state index in [2.05, 4.69) is 39.0 Å². The third kappa shape index (κ3) is 1.41. The van der Waals surface area contributed by atoms with Crippen LogP contribution in [0.15, 0.2) is 22.7 Å². The molecule has 1 aromatic carbocycles. The summed E-state index contributed by atoms with van der Waals surface area (Å²) in [7, 11) is 0. The Hall–Kier alpha value is -0.340. The average Bonchev–Trinajstić information content (AvgIpc) is 2.43. The molecule has 14 heavy (non-hydrogen) atoms. The summed E-state index contributed by atoms with van der Waals surface area (Å²) >= 11 is 3.54. The summed E-state index contributed by atoms with van der Waals surface area (Å²) in [5.41, 5.74) is 3.11. The van der Waals surface area contributed by atoms with Crippen LogP contribution in [0.5, 0.6) is 0 Å². The van der Waals surface area contributed by atoms with E-state index >= 15 is 0 Å². The van der Waals surface area contributed by atoms with Crippen molar-refractivity contribution in [3.8, 4) is 0 Å². The Morgan fingerprint density at radius 3 is 2.64 bits per heavy atom. The van der Waals surface area contributed by atoms with Crippen molar-refractivity contribution in [3.63, 3.8) is 0 Å². The SMILES string of the molecule is Brc1ccc2c(c1)CC(N1CCC1)C2. The van der Waals surface area contributed by atoms with E-state index in [0.29, 0.717) is 0 Å². The molecule has 1 nitrogen and oxygen atoms in total. The first kappa shape index (κ1) is 8.93. The largest absolute Gasteiger partial charge is 0.300 e. The predicted octanol–water partition coefficient (Wildman–Crippen LogP) is 2.62. The normalized spacial score (nSPS) is 25.9. The van der Waals surface area contributed by atoms with Crippen molar-refractivity contribution >= 4 is 15.9 Å². The molecule has 0 bridgehead atoms. The molecular weight excluding hydrogens is 238 g/mol. The highest BCUT2D eigenvalue weighted by molar-refractivity contribution is 9.10. The zero-order chi connectivity index (χ0) is 9.54. The monoisotopic (exact) mass is 251 g/mol. The lowest BCUT2D eigenvalue weighted by atomic mass is 10.1. The van der Waals surface area contributed by atoms with Gasteiger partial charge in [0.2, 0.25) is 0 Å². The van der Waals surface area contributed by atoms with E-state index in [-0.39, 0.29) is 0 Å². The highest BCUT2D eigenvalue weighted by Crippen LogP contribution is 2.29. The fourth-order valence-electron chi connectivity index (χ4n) is 2.53. The van der Waals surface area contributed by atoms with E-state index in [0.717, 1.165) is 6.04 Å². The summed E-state index contributed by atoms with van der Waals surface area (Å²) in [5, 5.41) is 0. The Morgan fingerprint density at radius 1 is 1.14 bits per heavy atom. The van der Waals surface area contributed by atoms with E-state index in [9.17, 15) is 0 Å².